The second-order valence-corrected chi connectivity index (χ2v) is 14.3. The molecule has 11 rings (SSSR count). The predicted octanol–water partition coefficient (Wildman–Crippen LogP) is 11.9. The summed E-state index contributed by atoms with van der Waals surface area (Å²) in [6.07, 6.45) is 23.8. The number of benzene rings is 5. The minimum atomic E-state index is 0.134. The SMILES string of the molecule is C1=CCCC(N2c3ccccc3C3=CC=C4c5ccc(-c6ccc7c(c6)c6ccccc6n7C6C=CC=CC6)cc5N(c5ccccc5)C4C32)=C1. The quantitative estimate of drug-likeness (QED) is 0.187. The Balaban J connectivity index is 1.07. The van der Waals surface area contributed by atoms with E-state index in [1.54, 1.807) is 0 Å². The van der Waals surface area contributed by atoms with Crippen LogP contribution in [0.4, 0.5) is 17.1 Å². The number of aromatic nitrogens is 1. The molecule has 3 heteroatoms. The summed E-state index contributed by atoms with van der Waals surface area (Å²) in [7, 11) is 0. The van der Waals surface area contributed by atoms with E-state index in [9.17, 15) is 0 Å². The van der Waals surface area contributed by atoms with Gasteiger partial charge >= 0.3 is 0 Å². The highest BCUT2D eigenvalue weighted by Gasteiger charge is 2.49. The van der Waals surface area contributed by atoms with E-state index in [-0.39, 0.29) is 12.1 Å². The Bertz CT molecular complexity index is 2590. The Morgan fingerprint density at radius 1 is 0.529 bits per heavy atom. The van der Waals surface area contributed by atoms with E-state index in [0.29, 0.717) is 6.04 Å². The van der Waals surface area contributed by atoms with Gasteiger partial charge in [0.2, 0.25) is 0 Å². The molecule has 5 aliphatic rings. The number of anilines is 3. The molecule has 2 aliphatic heterocycles. The van der Waals surface area contributed by atoms with Crippen LogP contribution >= 0.6 is 0 Å². The fourth-order valence-electron chi connectivity index (χ4n) is 9.47. The molecule has 0 amide bonds. The second-order valence-electron chi connectivity index (χ2n) is 14.3. The standard InChI is InChI=1S/C48H37N3/c1-4-14-34(15-5-1)49-43-22-12-11-21-38(43)42-30-32(25-29-45(42)49)33-24-26-39-41-28-27-40-37-20-10-13-23-44(37)50(35-16-6-2-7-17-35)47(40)48(41)51(46(39)31-33)36-18-8-3-9-19-36/h1-6,8-14,16,18-31,34,47-48H,7,15,17H2. The molecule has 5 aromatic carbocycles. The molecule has 0 saturated carbocycles. The van der Waals surface area contributed by atoms with Crippen molar-refractivity contribution in [2.24, 2.45) is 0 Å². The minimum absolute atomic E-state index is 0.134. The maximum atomic E-state index is 2.66. The summed E-state index contributed by atoms with van der Waals surface area (Å²) in [6.45, 7) is 0. The van der Waals surface area contributed by atoms with E-state index in [0.717, 1.165) is 19.3 Å². The van der Waals surface area contributed by atoms with Gasteiger partial charge in [-0.2, -0.15) is 0 Å². The number of hydrogen-bond acceptors (Lipinski definition) is 2. The van der Waals surface area contributed by atoms with Crippen LogP contribution in [0.1, 0.15) is 36.4 Å². The monoisotopic (exact) mass is 655 g/mol. The first-order valence-electron chi connectivity index (χ1n) is 18.3. The zero-order chi connectivity index (χ0) is 33.5. The molecule has 0 saturated heterocycles. The maximum absolute atomic E-state index is 2.66. The Kier molecular flexibility index (Phi) is 6.33. The average Bonchev–Trinajstić information content (AvgIpc) is 3.84. The van der Waals surface area contributed by atoms with Gasteiger partial charge in [0, 0.05) is 50.0 Å². The van der Waals surface area contributed by atoms with E-state index < -0.39 is 0 Å². The van der Waals surface area contributed by atoms with Crippen molar-refractivity contribution >= 4 is 50.0 Å². The van der Waals surface area contributed by atoms with E-state index >= 15 is 0 Å². The van der Waals surface area contributed by atoms with Gasteiger partial charge in [-0.3, -0.25) is 0 Å². The van der Waals surface area contributed by atoms with E-state index in [4.69, 9.17) is 0 Å². The summed E-state index contributed by atoms with van der Waals surface area (Å²) < 4.78 is 2.53. The van der Waals surface area contributed by atoms with Crippen molar-refractivity contribution < 1.29 is 0 Å². The van der Waals surface area contributed by atoms with Crippen LogP contribution in [0, 0.1) is 0 Å². The molecule has 244 valence electrons. The average molecular weight is 656 g/mol. The van der Waals surface area contributed by atoms with E-state index in [1.807, 2.05) is 0 Å². The molecule has 3 atom stereocenters. The van der Waals surface area contributed by atoms with Crippen LogP contribution < -0.4 is 9.80 Å². The molecule has 0 bridgehead atoms. The highest BCUT2D eigenvalue weighted by molar-refractivity contribution is 6.10. The lowest BCUT2D eigenvalue weighted by Gasteiger charge is -2.41. The van der Waals surface area contributed by atoms with Crippen LogP contribution in [0.25, 0.3) is 44.1 Å². The molecule has 3 unspecified atom stereocenters. The highest BCUT2D eigenvalue weighted by atomic mass is 15.3. The molecular formula is C48H37N3. The molecule has 0 spiro atoms. The molecule has 0 fully saturated rings. The third-order valence-electron chi connectivity index (χ3n) is 11.6. The Labute approximate surface area is 298 Å². The molecular weight excluding hydrogens is 619 g/mol. The number of hydrogen-bond donors (Lipinski definition) is 0. The van der Waals surface area contributed by atoms with Crippen molar-refractivity contribution in [3.63, 3.8) is 0 Å². The molecule has 0 radical (unpaired) electrons. The van der Waals surface area contributed by atoms with Crippen molar-refractivity contribution in [3.05, 3.63) is 187 Å². The third kappa shape index (κ3) is 4.24. The van der Waals surface area contributed by atoms with E-state index in [2.05, 4.69) is 184 Å². The summed E-state index contributed by atoms with van der Waals surface area (Å²) in [5, 5.41) is 2.62. The lowest BCUT2D eigenvalue weighted by molar-refractivity contribution is 0.648. The molecule has 3 nitrogen and oxygen atoms in total. The van der Waals surface area contributed by atoms with Gasteiger partial charge in [-0.15, -0.1) is 0 Å². The Morgan fingerprint density at radius 2 is 1.27 bits per heavy atom. The zero-order valence-corrected chi connectivity index (χ0v) is 28.4. The van der Waals surface area contributed by atoms with Crippen LogP contribution in [0.3, 0.4) is 0 Å². The maximum Gasteiger partial charge on any atom is 0.0847 e. The van der Waals surface area contributed by atoms with Crippen LogP contribution in [-0.4, -0.2) is 16.7 Å². The van der Waals surface area contributed by atoms with Crippen molar-refractivity contribution in [1.82, 2.24) is 4.57 Å². The third-order valence-corrected chi connectivity index (χ3v) is 11.6. The van der Waals surface area contributed by atoms with Gasteiger partial charge in [0.15, 0.2) is 0 Å². The Morgan fingerprint density at radius 3 is 2.12 bits per heavy atom. The predicted molar refractivity (Wildman–Crippen MR) is 214 cm³/mol. The van der Waals surface area contributed by atoms with Gasteiger partial charge in [0.25, 0.3) is 0 Å². The van der Waals surface area contributed by atoms with Gasteiger partial charge in [-0.05, 0) is 90.1 Å². The lowest BCUT2D eigenvalue weighted by atomic mass is 9.85. The van der Waals surface area contributed by atoms with Crippen LogP contribution in [-0.2, 0) is 0 Å². The van der Waals surface area contributed by atoms with Gasteiger partial charge < -0.3 is 14.4 Å². The largest absolute Gasteiger partial charge is 0.335 e. The summed E-state index contributed by atoms with van der Waals surface area (Å²) in [5.41, 5.74) is 15.8. The number of para-hydroxylation sites is 3. The zero-order valence-electron chi connectivity index (χ0n) is 28.4. The minimum Gasteiger partial charge on any atom is -0.335 e. The number of rotatable bonds is 4. The Hall–Kier alpha value is -6.06. The molecule has 1 aromatic heterocycles. The molecule has 0 N–H and O–H groups in total. The van der Waals surface area contributed by atoms with Crippen molar-refractivity contribution in [3.8, 4) is 11.1 Å². The van der Waals surface area contributed by atoms with Crippen molar-refractivity contribution in [2.75, 3.05) is 9.80 Å². The first-order valence-corrected chi connectivity index (χ1v) is 18.3. The summed E-state index contributed by atoms with van der Waals surface area (Å²) in [5.74, 6) is 0. The van der Waals surface area contributed by atoms with Crippen molar-refractivity contribution in [2.45, 2.75) is 37.4 Å². The van der Waals surface area contributed by atoms with Gasteiger partial charge in [0.05, 0.1) is 23.8 Å². The van der Waals surface area contributed by atoms with Gasteiger partial charge in [-0.25, -0.2) is 0 Å². The van der Waals surface area contributed by atoms with E-state index in [1.165, 1.54) is 78.0 Å². The molecule has 6 aromatic rings. The van der Waals surface area contributed by atoms with Gasteiger partial charge in [0.1, 0.15) is 0 Å². The van der Waals surface area contributed by atoms with Crippen molar-refractivity contribution in [1.29, 1.82) is 0 Å². The highest BCUT2D eigenvalue weighted by Crippen LogP contribution is 2.56. The summed E-state index contributed by atoms with van der Waals surface area (Å²) >= 11 is 0. The van der Waals surface area contributed by atoms with Crippen LogP contribution in [0.5, 0.6) is 0 Å². The number of nitrogens with zero attached hydrogens (tertiary/aromatic N) is 3. The molecule has 3 heterocycles. The summed E-state index contributed by atoms with van der Waals surface area (Å²) in [6, 6.07) is 43.8. The fourth-order valence-corrected chi connectivity index (χ4v) is 9.47. The normalized spacial score (nSPS) is 21.3. The first kappa shape index (κ1) is 28.7. The second kappa shape index (κ2) is 11.2. The lowest BCUT2D eigenvalue weighted by Crippen LogP contribution is -2.48. The van der Waals surface area contributed by atoms with Crippen LogP contribution in [0.2, 0.25) is 0 Å². The molecule has 51 heavy (non-hydrogen) atoms. The summed E-state index contributed by atoms with van der Waals surface area (Å²) in [4.78, 5) is 5.29. The van der Waals surface area contributed by atoms with Gasteiger partial charge in [-0.1, -0.05) is 121 Å². The fraction of sp³-hybridized carbons (Fsp3) is 0.125. The number of allylic oxidation sites excluding steroid dienone is 10. The number of fused-ring (bicyclic) bond motifs is 10. The topological polar surface area (TPSA) is 11.4 Å². The smallest absolute Gasteiger partial charge is 0.0847 e. The first-order chi connectivity index (χ1) is 25.3. The molecule has 3 aliphatic carbocycles. The van der Waals surface area contributed by atoms with Crippen LogP contribution in [0.15, 0.2) is 176 Å².